The van der Waals surface area contributed by atoms with Crippen LogP contribution in [0.5, 0.6) is 6.08 Å². The van der Waals surface area contributed by atoms with Crippen LogP contribution in [0.15, 0.2) is 10.7 Å². The van der Waals surface area contributed by atoms with Crippen molar-refractivity contribution in [3.8, 4) is 6.08 Å². The monoisotopic (exact) mass is 240 g/mol. The molecular formula is C12H20N2O3. The third-order valence-corrected chi connectivity index (χ3v) is 2.49. The molecule has 0 aliphatic carbocycles. The SMILES string of the molecule is CC(C)(C)NCc1coc(OC2CCOC2)n1. The van der Waals surface area contributed by atoms with Crippen molar-refractivity contribution in [1.29, 1.82) is 0 Å². The predicted molar refractivity (Wildman–Crippen MR) is 62.9 cm³/mol. The first kappa shape index (κ1) is 12.4. The molecule has 0 amide bonds. The molecule has 1 saturated heterocycles. The fourth-order valence-corrected chi connectivity index (χ4v) is 1.53. The summed E-state index contributed by atoms with van der Waals surface area (Å²) in [5.41, 5.74) is 0.924. The first-order valence-corrected chi connectivity index (χ1v) is 5.97. The van der Waals surface area contributed by atoms with Crippen molar-refractivity contribution in [3.63, 3.8) is 0 Å². The summed E-state index contributed by atoms with van der Waals surface area (Å²) in [6, 6.07) is 0. The Labute approximate surface area is 102 Å². The van der Waals surface area contributed by atoms with E-state index in [-0.39, 0.29) is 11.6 Å². The molecule has 0 radical (unpaired) electrons. The van der Waals surface area contributed by atoms with Crippen molar-refractivity contribution in [1.82, 2.24) is 10.3 Å². The summed E-state index contributed by atoms with van der Waals surface area (Å²) in [4.78, 5) is 4.27. The van der Waals surface area contributed by atoms with Crippen LogP contribution in [-0.4, -0.2) is 29.8 Å². The van der Waals surface area contributed by atoms with Crippen LogP contribution < -0.4 is 10.1 Å². The topological polar surface area (TPSA) is 56.5 Å². The Hall–Kier alpha value is -1.07. The van der Waals surface area contributed by atoms with E-state index in [1.54, 1.807) is 6.26 Å². The molecule has 1 unspecified atom stereocenters. The molecule has 1 aliphatic heterocycles. The zero-order valence-electron chi connectivity index (χ0n) is 10.7. The van der Waals surface area contributed by atoms with Crippen molar-refractivity contribution in [2.75, 3.05) is 13.2 Å². The summed E-state index contributed by atoms with van der Waals surface area (Å²) in [7, 11) is 0. The van der Waals surface area contributed by atoms with Crippen LogP contribution in [0.4, 0.5) is 0 Å². The summed E-state index contributed by atoms with van der Waals surface area (Å²) in [6.07, 6.45) is 2.95. The van der Waals surface area contributed by atoms with Gasteiger partial charge >= 0.3 is 6.08 Å². The van der Waals surface area contributed by atoms with E-state index >= 15 is 0 Å². The van der Waals surface area contributed by atoms with Gasteiger partial charge in [-0.25, -0.2) is 0 Å². The van der Waals surface area contributed by atoms with Gasteiger partial charge in [0.05, 0.1) is 18.9 Å². The molecule has 0 spiro atoms. The number of nitrogens with zero attached hydrogens (tertiary/aromatic N) is 1. The summed E-state index contributed by atoms with van der Waals surface area (Å²) in [6.45, 7) is 8.39. The van der Waals surface area contributed by atoms with E-state index in [1.165, 1.54) is 0 Å². The number of hydrogen-bond acceptors (Lipinski definition) is 5. The summed E-state index contributed by atoms with van der Waals surface area (Å²) < 4.78 is 16.0. The number of rotatable bonds is 4. The maximum atomic E-state index is 5.56. The molecule has 0 aromatic carbocycles. The minimum atomic E-state index is 0.0687. The second-order valence-electron chi connectivity index (χ2n) is 5.31. The lowest BCUT2D eigenvalue weighted by Gasteiger charge is -2.19. The molecular weight excluding hydrogens is 220 g/mol. The summed E-state index contributed by atoms with van der Waals surface area (Å²) in [5.74, 6) is 0. The van der Waals surface area contributed by atoms with Crippen LogP contribution in [0.25, 0.3) is 0 Å². The third-order valence-electron chi connectivity index (χ3n) is 2.49. The second-order valence-corrected chi connectivity index (χ2v) is 5.31. The van der Waals surface area contributed by atoms with Gasteiger partial charge in [-0.2, -0.15) is 4.98 Å². The minimum Gasteiger partial charge on any atom is -0.444 e. The predicted octanol–water partition coefficient (Wildman–Crippen LogP) is 1.73. The van der Waals surface area contributed by atoms with Crippen molar-refractivity contribution in [2.24, 2.45) is 0 Å². The van der Waals surface area contributed by atoms with E-state index in [2.05, 4.69) is 31.1 Å². The molecule has 1 aromatic rings. The lowest BCUT2D eigenvalue weighted by Crippen LogP contribution is -2.35. The van der Waals surface area contributed by atoms with Gasteiger partial charge < -0.3 is 19.2 Å². The number of oxazole rings is 1. The Kier molecular flexibility index (Phi) is 3.69. The molecule has 2 heterocycles. The maximum absolute atomic E-state index is 5.56. The molecule has 1 fully saturated rings. The number of ether oxygens (including phenoxy) is 2. The van der Waals surface area contributed by atoms with E-state index in [9.17, 15) is 0 Å². The highest BCUT2D eigenvalue weighted by molar-refractivity contribution is 5.00. The van der Waals surface area contributed by atoms with E-state index in [1.807, 2.05) is 0 Å². The average molecular weight is 240 g/mol. The van der Waals surface area contributed by atoms with Gasteiger partial charge in [-0.15, -0.1) is 0 Å². The van der Waals surface area contributed by atoms with Crippen LogP contribution in [0.3, 0.4) is 0 Å². The first-order valence-electron chi connectivity index (χ1n) is 5.97. The molecule has 1 atom stereocenters. The Morgan fingerprint density at radius 2 is 2.35 bits per heavy atom. The molecule has 2 rings (SSSR count). The molecule has 1 aliphatic rings. The lowest BCUT2D eigenvalue weighted by atomic mass is 10.1. The van der Waals surface area contributed by atoms with Crippen LogP contribution >= 0.6 is 0 Å². The third kappa shape index (κ3) is 4.02. The fraction of sp³-hybridized carbons (Fsp3) is 0.750. The zero-order valence-corrected chi connectivity index (χ0v) is 10.7. The number of hydrogen-bond donors (Lipinski definition) is 1. The Balaban J connectivity index is 1.83. The maximum Gasteiger partial charge on any atom is 0.394 e. The quantitative estimate of drug-likeness (QED) is 0.868. The van der Waals surface area contributed by atoms with Gasteiger partial charge in [0.2, 0.25) is 0 Å². The molecule has 17 heavy (non-hydrogen) atoms. The van der Waals surface area contributed by atoms with E-state index in [0.29, 0.717) is 19.2 Å². The normalized spacial score (nSPS) is 20.8. The molecule has 1 aromatic heterocycles. The van der Waals surface area contributed by atoms with Gasteiger partial charge in [-0.1, -0.05) is 0 Å². The fourth-order valence-electron chi connectivity index (χ4n) is 1.53. The average Bonchev–Trinajstić information content (AvgIpc) is 2.86. The molecule has 5 heteroatoms. The highest BCUT2D eigenvalue weighted by atomic mass is 16.6. The van der Waals surface area contributed by atoms with Crippen LogP contribution in [-0.2, 0) is 11.3 Å². The van der Waals surface area contributed by atoms with Crippen molar-refractivity contribution < 1.29 is 13.9 Å². The van der Waals surface area contributed by atoms with Gasteiger partial charge in [0.25, 0.3) is 0 Å². The van der Waals surface area contributed by atoms with Gasteiger partial charge in [-0.05, 0) is 20.8 Å². The van der Waals surface area contributed by atoms with Gasteiger partial charge in [0.15, 0.2) is 0 Å². The van der Waals surface area contributed by atoms with E-state index < -0.39 is 0 Å². The van der Waals surface area contributed by atoms with Crippen molar-refractivity contribution in [2.45, 2.75) is 45.4 Å². The van der Waals surface area contributed by atoms with E-state index in [4.69, 9.17) is 13.9 Å². The Morgan fingerprint density at radius 1 is 1.53 bits per heavy atom. The standard InChI is InChI=1S/C12H20N2O3/c1-12(2,3)13-6-9-7-16-11(14-9)17-10-4-5-15-8-10/h7,10,13H,4-6,8H2,1-3H3. The lowest BCUT2D eigenvalue weighted by molar-refractivity contribution is 0.115. The van der Waals surface area contributed by atoms with Crippen LogP contribution in [0.2, 0.25) is 0 Å². The molecule has 5 nitrogen and oxygen atoms in total. The van der Waals surface area contributed by atoms with Gasteiger partial charge in [0.1, 0.15) is 12.4 Å². The van der Waals surface area contributed by atoms with Gasteiger partial charge in [0, 0.05) is 18.5 Å². The van der Waals surface area contributed by atoms with E-state index in [0.717, 1.165) is 18.7 Å². The molecule has 1 N–H and O–H groups in total. The van der Waals surface area contributed by atoms with Crippen molar-refractivity contribution in [3.05, 3.63) is 12.0 Å². The molecule has 0 saturated carbocycles. The highest BCUT2D eigenvalue weighted by Crippen LogP contribution is 2.16. The van der Waals surface area contributed by atoms with Crippen LogP contribution in [0.1, 0.15) is 32.9 Å². The largest absolute Gasteiger partial charge is 0.444 e. The molecule has 0 bridgehead atoms. The second kappa shape index (κ2) is 5.06. The van der Waals surface area contributed by atoms with Crippen LogP contribution in [0, 0.1) is 0 Å². The number of nitrogens with one attached hydrogen (secondary N) is 1. The highest BCUT2D eigenvalue weighted by Gasteiger charge is 2.19. The molecule has 96 valence electrons. The minimum absolute atomic E-state index is 0.0687. The Morgan fingerprint density at radius 3 is 3.00 bits per heavy atom. The Bertz CT molecular complexity index is 351. The first-order chi connectivity index (χ1) is 8.03. The summed E-state index contributed by atoms with van der Waals surface area (Å²) >= 11 is 0. The van der Waals surface area contributed by atoms with Crippen molar-refractivity contribution >= 4 is 0 Å². The smallest absolute Gasteiger partial charge is 0.394 e. The summed E-state index contributed by atoms with van der Waals surface area (Å²) in [5, 5.41) is 3.34. The number of aromatic nitrogens is 1. The zero-order chi connectivity index (χ0) is 12.3. The van der Waals surface area contributed by atoms with Gasteiger partial charge in [-0.3, -0.25) is 0 Å².